The number of benzene rings is 2. The molecule has 0 aromatic heterocycles. The first-order valence-corrected chi connectivity index (χ1v) is 6.36. The van der Waals surface area contributed by atoms with Gasteiger partial charge in [0, 0.05) is 35.0 Å². The van der Waals surface area contributed by atoms with Gasteiger partial charge in [-0.2, -0.15) is 0 Å². The molecule has 18 heavy (non-hydrogen) atoms. The maximum absolute atomic E-state index is 13.6. The van der Waals surface area contributed by atoms with Gasteiger partial charge in [0.05, 0.1) is 0 Å². The molecule has 0 aliphatic carbocycles. The second-order valence-corrected chi connectivity index (χ2v) is 5.10. The molecule has 2 N–H and O–H groups in total. The monoisotopic (exact) mass is 308 g/mol. The summed E-state index contributed by atoms with van der Waals surface area (Å²) in [7, 11) is 1.92. The van der Waals surface area contributed by atoms with E-state index in [1.165, 1.54) is 6.07 Å². The smallest absolute Gasteiger partial charge is 0.128 e. The van der Waals surface area contributed by atoms with Gasteiger partial charge in [-0.25, -0.2) is 4.39 Å². The number of nitrogen functional groups attached to an aromatic ring is 1. The van der Waals surface area contributed by atoms with E-state index in [1.807, 2.05) is 36.2 Å². The van der Waals surface area contributed by atoms with E-state index in [2.05, 4.69) is 15.9 Å². The quantitative estimate of drug-likeness (QED) is 0.874. The summed E-state index contributed by atoms with van der Waals surface area (Å²) in [6.45, 7) is 0.509. The van der Waals surface area contributed by atoms with Gasteiger partial charge in [-0.3, -0.25) is 0 Å². The molecule has 0 fully saturated rings. The number of hydrogen-bond donors (Lipinski definition) is 1. The minimum absolute atomic E-state index is 0.194. The Morgan fingerprint density at radius 1 is 1.17 bits per heavy atom. The maximum Gasteiger partial charge on any atom is 0.128 e. The third kappa shape index (κ3) is 3.01. The Bertz CT molecular complexity index is 540. The van der Waals surface area contributed by atoms with Crippen LogP contribution in [-0.4, -0.2) is 7.05 Å². The fraction of sp³-hybridized carbons (Fsp3) is 0.143. The highest BCUT2D eigenvalue weighted by atomic mass is 79.9. The number of nitrogens with two attached hydrogens (primary N) is 1. The second kappa shape index (κ2) is 5.40. The van der Waals surface area contributed by atoms with Gasteiger partial charge in [0.25, 0.3) is 0 Å². The summed E-state index contributed by atoms with van der Waals surface area (Å²) >= 11 is 3.35. The highest BCUT2D eigenvalue weighted by molar-refractivity contribution is 9.10. The van der Waals surface area contributed by atoms with Crippen LogP contribution in [0.25, 0.3) is 0 Å². The van der Waals surface area contributed by atoms with E-state index in [9.17, 15) is 4.39 Å². The number of halogens is 2. The topological polar surface area (TPSA) is 29.3 Å². The molecule has 0 radical (unpaired) electrons. The Balaban J connectivity index is 2.18. The Labute approximate surface area is 114 Å². The van der Waals surface area contributed by atoms with Crippen molar-refractivity contribution in [3.8, 4) is 0 Å². The molecule has 0 heterocycles. The molecule has 2 rings (SSSR count). The van der Waals surface area contributed by atoms with Crippen molar-refractivity contribution in [3.05, 3.63) is 58.3 Å². The fourth-order valence-corrected chi connectivity index (χ4v) is 2.15. The van der Waals surface area contributed by atoms with Crippen LogP contribution < -0.4 is 10.6 Å². The molecule has 94 valence electrons. The lowest BCUT2D eigenvalue weighted by Crippen LogP contribution is -2.17. The highest BCUT2D eigenvalue weighted by Crippen LogP contribution is 2.21. The average molecular weight is 309 g/mol. The molecule has 0 aliphatic rings. The van der Waals surface area contributed by atoms with Gasteiger partial charge in [-0.05, 0) is 42.5 Å². The van der Waals surface area contributed by atoms with E-state index in [0.717, 1.165) is 15.8 Å². The normalized spacial score (nSPS) is 10.4. The van der Waals surface area contributed by atoms with Crippen molar-refractivity contribution in [1.82, 2.24) is 0 Å². The SMILES string of the molecule is CN(Cc1cc(Br)ccc1F)c1ccc(N)cc1. The molecule has 0 spiro atoms. The summed E-state index contributed by atoms with van der Waals surface area (Å²) in [6, 6.07) is 12.5. The Kier molecular flexibility index (Phi) is 3.87. The first-order valence-electron chi connectivity index (χ1n) is 5.57. The van der Waals surface area contributed by atoms with E-state index in [4.69, 9.17) is 5.73 Å². The zero-order valence-corrected chi connectivity index (χ0v) is 11.6. The van der Waals surface area contributed by atoms with E-state index in [-0.39, 0.29) is 5.82 Å². The predicted molar refractivity (Wildman–Crippen MR) is 77.1 cm³/mol. The molecule has 2 aromatic rings. The lowest BCUT2D eigenvalue weighted by molar-refractivity contribution is 0.607. The van der Waals surface area contributed by atoms with Gasteiger partial charge < -0.3 is 10.6 Å². The molecule has 2 aromatic carbocycles. The van der Waals surface area contributed by atoms with Crippen LogP contribution in [0.4, 0.5) is 15.8 Å². The van der Waals surface area contributed by atoms with Crippen molar-refractivity contribution in [1.29, 1.82) is 0 Å². The van der Waals surface area contributed by atoms with Crippen molar-refractivity contribution in [2.75, 3.05) is 17.7 Å². The number of rotatable bonds is 3. The van der Waals surface area contributed by atoms with Crippen LogP contribution in [-0.2, 0) is 6.54 Å². The minimum Gasteiger partial charge on any atom is -0.399 e. The predicted octanol–water partition coefficient (Wildman–Crippen LogP) is 3.81. The van der Waals surface area contributed by atoms with E-state index in [1.54, 1.807) is 12.1 Å². The Morgan fingerprint density at radius 2 is 1.83 bits per heavy atom. The zero-order chi connectivity index (χ0) is 13.1. The zero-order valence-electron chi connectivity index (χ0n) is 10.0. The lowest BCUT2D eigenvalue weighted by atomic mass is 10.2. The summed E-state index contributed by atoms with van der Waals surface area (Å²) in [5, 5.41) is 0. The van der Waals surface area contributed by atoms with Crippen LogP contribution in [0.2, 0.25) is 0 Å². The van der Waals surface area contributed by atoms with Gasteiger partial charge in [0.15, 0.2) is 0 Å². The van der Waals surface area contributed by atoms with Crippen molar-refractivity contribution < 1.29 is 4.39 Å². The molecule has 0 unspecified atom stereocenters. The van der Waals surface area contributed by atoms with Crippen molar-refractivity contribution in [3.63, 3.8) is 0 Å². The molecule has 2 nitrogen and oxygen atoms in total. The van der Waals surface area contributed by atoms with Gasteiger partial charge in [0.2, 0.25) is 0 Å². The second-order valence-electron chi connectivity index (χ2n) is 4.18. The molecule has 0 saturated heterocycles. The first kappa shape index (κ1) is 12.9. The molecule has 0 amide bonds. The van der Waals surface area contributed by atoms with Crippen molar-refractivity contribution in [2.45, 2.75) is 6.54 Å². The summed E-state index contributed by atoms with van der Waals surface area (Å²) < 4.78 is 14.5. The van der Waals surface area contributed by atoms with E-state index < -0.39 is 0 Å². The maximum atomic E-state index is 13.6. The van der Waals surface area contributed by atoms with Gasteiger partial charge in [-0.1, -0.05) is 15.9 Å². The molecular formula is C14H14BrFN2. The van der Waals surface area contributed by atoms with Crippen molar-refractivity contribution in [2.24, 2.45) is 0 Å². The average Bonchev–Trinajstić information content (AvgIpc) is 2.34. The van der Waals surface area contributed by atoms with Crippen LogP contribution in [0.3, 0.4) is 0 Å². The van der Waals surface area contributed by atoms with Gasteiger partial charge in [-0.15, -0.1) is 0 Å². The van der Waals surface area contributed by atoms with Gasteiger partial charge in [0.1, 0.15) is 5.82 Å². The third-order valence-electron chi connectivity index (χ3n) is 2.75. The number of hydrogen-bond acceptors (Lipinski definition) is 2. The van der Waals surface area contributed by atoms with Crippen LogP contribution in [0.5, 0.6) is 0 Å². The Morgan fingerprint density at radius 3 is 2.50 bits per heavy atom. The summed E-state index contributed by atoms with van der Waals surface area (Å²) in [5.41, 5.74) is 8.02. The van der Waals surface area contributed by atoms with Crippen LogP contribution >= 0.6 is 15.9 Å². The number of nitrogens with zero attached hydrogens (tertiary/aromatic N) is 1. The summed E-state index contributed by atoms with van der Waals surface area (Å²) in [4.78, 5) is 1.98. The van der Waals surface area contributed by atoms with E-state index in [0.29, 0.717) is 12.1 Å². The molecule has 0 atom stereocenters. The Hall–Kier alpha value is -1.55. The van der Waals surface area contributed by atoms with Gasteiger partial charge >= 0.3 is 0 Å². The van der Waals surface area contributed by atoms with Crippen LogP contribution in [0, 0.1) is 5.82 Å². The molecule has 4 heteroatoms. The van der Waals surface area contributed by atoms with Crippen LogP contribution in [0.15, 0.2) is 46.9 Å². The largest absolute Gasteiger partial charge is 0.399 e. The lowest BCUT2D eigenvalue weighted by Gasteiger charge is -2.20. The molecule has 0 aliphatic heterocycles. The highest BCUT2D eigenvalue weighted by Gasteiger charge is 2.07. The minimum atomic E-state index is -0.194. The first-order chi connectivity index (χ1) is 8.56. The molecular weight excluding hydrogens is 295 g/mol. The van der Waals surface area contributed by atoms with E-state index >= 15 is 0 Å². The summed E-state index contributed by atoms with van der Waals surface area (Å²) in [5.74, 6) is -0.194. The summed E-state index contributed by atoms with van der Waals surface area (Å²) in [6.07, 6.45) is 0. The number of anilines is 2. The van der Waals surface area contributed by atoms with Crippen molar-refractivity contribution >= 4 is 27.3 Å². The standard InChI is InChI=1S/C14H14BrFN2/c1-18(13-5-3-12(17)4-6-13)9-10-8-11(15)2-7-14(10)16/h2-8H,9,17H2,1H3. The fourth-order valence-electron chi connectivity index (χ4n) is 1.74. The molecule has 0 saturated carbocycles. The molecule has 0 bridgehead atoms. The third-order valence-corrected chi connectivity index (χ3v) is 3.24. The van der Waals surface area contributed by atoms with Crippen LogP contribution in [0.1, 0.15) is 5.56 Å².